The van der Waals surface area contributed by atoms with Crippen LogP contribution in [0.15, 0.2) is 42.5 Å². The summed E-state index contributed by atoms with van der Waals surface area (Å²) in [5, 5.41) is 13.3. The number of nitrogens with zero attached hydrogens (tertiary/aromatic N) is 1. The Labute approximate surface area is 137 Å². The van der Waals surface area contributed by atoms with E-state index in [0.29, 0.717) is 0 Å². The summed E-state index contributed by atoms with van der Waals surface area (Å²) in [6.07, 6.45) is 0.0212. The molecule has 0 saturated heterocycles. The van der Waals surface area contributed by atoms with Crippen LogP contribution in [0.1, 0.15) is 13.8 Å². The van der Waals surface area contributed by atoms with Gasteiger partial charge in [-0.2, -0.15) is 0 Å². The van der Waals surface area contributed by atoms with Crippen LogP contribution in [0.5, 0.6) is 5.75 Å². The number of nitrogens with one attached hydrogen (secondary N) is 1. The molecule has 1 heterocycles. The number of hydrogen-bond acceptors (Lipinski definition) is 3. The van der Waals surface area contributed by atoms with Crippen molar-refractivity contribution in [3.8, 4) is 16.9 Å². The molecule has 0 spiro atoms. The number of likely N-dealkylation sites (N-methyl/N-ethyl adjacent to an activating group) is 1. The molecule has 2 aromatic carbocycles. The molecule has 2 aromatic rings. The van der Waals surface area contributed by atoms with Crippen LogP contribution in [0.25, 0.3) is 11.1 Å². The predicted octanol–water partition coefficient (Wildman–Crippen LogP) is 3.45. The fraction of sp³-hybridized carbons (Fsp3) is 0.368. The molecule has 0 saturated carbocycles. The van der Waals surface area contributed by atoms with Crippen LogP contribution in [-0.2, 0) is 0 Å². The Bertz CT molecular complexity index is 696. The van der Waals surface area contributed by atoms with Crippen molar-refractivity contribution in [2.45, 2.75) is 20.0 Å². The maximum atomic E-state index is 9.81. The molecular weight excluding hydrogens is 288 g/mol. The second kappa shape index (κ2) is 6.22. The highest BCUT2D eigenvalue weighted by atomic mass is 16.5. The third-order valence-corrected chi connectivity index (χ3v) is 5.11. The summed E-state index contributed by atoms with van der Waals surface area (Å²) >= 11 is 0. The molecule has 0 amide bonds. The van der Waals surface area contributed by atoms with Crippen molar-refractivity contribution in [1.29, 1.82) is 0 Å². The van der Waals surface area contributed by atoms with E-state index in [0.717, 1.165) is 40.1 Å². The zero-order chi connectivity index (χ0) is 16.4. The molecule has 1 aliphatic heterocycles. The number of hydrogen-bond donors (Lipinski definition) is 2. The number of fused-ring (bicyclic) bond motifs is 1. The van der Waals surface area contributed by atoms with Crippen LogP contribution in [0.2, 0.25) is 0 Å². The minimum absolute atomic E-state index is 0.0212. The number of aliphatic hydroxyl groups excluding tert-OH is 1. The van der Waals surface area contributed by atoms with Crippen LogP contribution in [0, 0.1) is 0 Å². The standard InChI is InChI=1S/C19H25N2O2/c1-4-21(5-2)17-11-10-14(12-16(17)20-19(21)13-22)15-8-6-7-9-18(15)23-3/h6-12,19-20,22H,4-5,13H2,1-3H3/q+1. The molecule has 0 fully saturated rings. The first kappa shape index (κ1) is 15.8. The van der Waals surface area contributed by atoms with Gasteiger partial charge in [0.2, 0.25) is 0 Å². The maximum absolute atomic E-state index is 9.81. The third-order valence-electron chi connectivity index (χ3n) is 5.11. The van der Waals surface area contributed by atoms with E-state index >= 15 is 0 Å². The highest BCUT2D eigenvalue weighted by Gasteiger charge is 2.43. The van der Waals surface area contributed by atoms with Gasteiger partial charge in [0.25, 0.3) is 0 Å². The zero-order valence-electron chi connectivity index (χ0n) is 14.0. The Morgan fingerprint density at radius 1 is 1.13 bits per heavy atom. The summed E-state index contributed by atoms with van der Waals surface area (Å²) in [5.74, 6) is 0.871. The number of aliphatic hydroxyl groups is 1. The Balaban J connectivity index is 2.09. The van der Waals surface area contributed by atoms with Gasteiger partial charge in [-0.25, -0.2) is 0 Å². The number of anilines is 1. The van der Waals surface area contributed by atoms with Crippen molar-refractivity contribution < 1.29 is 9.84 Å². The normalized spacial score (nSPS) is 18.3. The van der Waals surface area contributed by atoms with E-state index in [2.05, 4.69) is 43.4 Å². The predicted molar refractivity (Wildman–Crippen MR) is 95.8 cm³/mol. The first-order valence-corrected chi connectivity index (χ1v) is 8.22. The van der Waals surface area contributed by atoms with Gasteiger partial charge in [-0.05, 0) is 37.6 Å². The van der Waals surface area contributed by atoms with Crippen molar-refractivity contribution in [2.24, 2.45) is 0 Å². The lowest BCUT2D eigenvalue weighted by molar-refractivity contribution is 0.163. The van der Waals surface area contributed by atoms with Crippen molar-refractivity contribution in [1.82, 2.24) is 4.48 Å². The van der Waals surface area contributed by atoms with Crippen molar-refractivity contribution in [2.75, 3.05) is 32.1 Å². The number of methoxy groups -OCH3 is 1. The molecule has 1 unspecified atom stereocenters. The molecule has 4 nitrogen and oxygen atoms in total. The Morgan fingerprint density at radius 2 is 1.87 bits per heavy atom. The van der Waals surface area contributed by atoms with Crippen molar-refractivity contribution in [3.05, 3.63) is 42.5 Å². The fourth-order valence-electron chi connectivity index (χ4n) is 3.77. The average Bonchev–Trinajstić information content (AvgIpc) is 2.94. The second-order valence-electron chi connectivity index (χ2n) is 5.94. The zero-order valence-corrected chi connectivity index (χ0v) is 14.0. The van der Waals surface area contributed by atoms with Gasteiger partial charge in [-0.1, -0.05) is 18.2 Å². The molecule has 4 heteroatoms. The largest absolute Gasteiger partial charge is 0.496 e. The lowest BCUT2D eigenvalue weighted by Gasteiger charge is -2.36. The van der Waals surface area contributed by atoms with E-state index in [-0.39, 0.29) is 12.8 Å². The van der Waals surface area contributed by atoms with Crippen LogP contribution in [0.4, 0.5) is 11.4 Å². The summed E-state index contributed by atoms with van der Waals surface area (Å²) < 4.78 is 6.26. The molecule has 0 aliphatic carbocycles. The number of para-hydroxylation sites is 1. The quantitative estimate of drug-likeness (QED) is 0.831. The molecule has 2 N–H and O–H groups in total. The van der Waals surface area contributed by atoms with Gasteiger partial charge in [0.15, 0.2) is 11.9 Å². The summed E-state index contributed by atoms with van der Waals surface area (Å²) in [6.45, 7) is 6.39. The third kappa shape index (κ3) is 2.38. The number of benzene rings is 2. The molecule has 0 bridgehead atoms. The van der Waals surface area contributed by atoms with Gasteiger partial charge in [-0.15, -0.1) is 0 Å². The van der Waals surface area contributed by atoms with Gasteiger partial charge in [0.05, 0.1) is 20.2 Å². The minimum Gasteiger partial charge on any atom is -0.496 e. The Morgan fingerprint density at radius 3 is 2.52 bits per heavy atom. The SMILES string of the molecule is CC[N+]1(CC)c2ccc(-c3ccccc3OC)cc2NC1CO. The van der Waals surface area contributed by atoms with E-state index in [1.54, 1.807) is 7.11 Å². The topological polar surface area (TPSA) is 41.5 Å². The summed E-state index contributed by atoms with van der Waals surface area (Å²) in [4.78, 5) is 0. The van der Waals surface area contributed by atoms with Gasteiger partial charge < -0.3 is 15.2 Å². The Hall–Kier alpha value is -2.04. The number of rotatable bonds is 5. The molecule has 3 rings (SSSR count). The van der Waals surface area contributed by atoms with E-state index in [4.69, 9.17) is 4.74 Å². The van der Waals surface area contributed by atoms with Crippen molar-refractivity contribution >= 4 is 11.4 Å². The van der Waals surface area contributed by atoms with E-state index < -0.39 is 0 Å². The summed E-state index contributed by atoms with van der Waals surface area (Å²) in [5.41, 5.74) is 4.57. The first-order valence-electron chi connectivity index (χ1n) is 8.22. The first-order chi connectivity index (χ1) is 11.2. The lowest BCUT2D eigenvalue weighted by Crippen LogP contribution is -2.57. The van der Waals surface area contributed by atoms with Gasteiger partial charge in [0, 0.05) is 11.6 Å². The van der Waals surface area contributed by atoms with E-state index in [9.17, 15) is 5.11 Å². The molecule has 1 aliphatic rings. The Kier molecular flexibility index (Phi) is 4.28. The highest BCUT2D eigenvalue weighted by Crippen LogP contribution is 2.43. The smallest absolute Gasteiger partial charge is 0.190 e. The van der Waals surface area contributed by atoms with E-state index in [1.165, 1.54) is 5.69 Å². The van der Waals surface area contributed by atoms with Gasteiger partial charge in [0.1, 0.15) is 18.0 Å². The van der Waals surface area contributed by atoms with E-state index in [1.807, 2.05) is 18.2 Å². The van der Waals surface area contributed by atoms with Crippen molar-refractivity contribution in [3.63, 3.8) is 0 Å². The lowest BCUT2D eigenvalue weighted by atomic mass is 10.0. The highest BCUT2D eigenvalue weighted by molar-refractivity contribution is 5.82. The summed E-state index contributed by atoms with van der Waals surface area (Å²) in [6, 6.07) is 14.6. The minimum atomic E-state index is 0.0212. The fourth-order valence-corrected chi connectivity index (χ4v) is 3.77. The van der Waals surface area contributed by atoms with Gasteiger partial charge in [-0.3, -0.25) is 4.48 Å². The van der Waals surface area contributed by atoms with Crippen LogP contribution < -0.4 is 14.5 Å². The molecule has 0 aromatic heterocycles. The van der Waals surface area contributed by atoms with Gasteiger partial charge >= 0.3 is 0 Å². The second-order valence-corrected chi connectivity index (χ2v) is 5.94. The monoisotopic (exact) mass is 313 g/mol. The van der Waals surface area contributed by atoms with Crippen LogP contribution >= 0.6 is 0 Å². The molecule has 23 heavy (non-hydrogen) atoms. The number of ether oxygens (including phenoxy) is 1. The molecule has 122 valence electrons. The number of quaternary nitrogens is 1. The molecule has 1 atom stereocenters. The summed E-state index contributed by atoms with van der Waals surface area (Å²) in [7, 11) is 1.70. The molecular formula is C19H25N2O2+. The maximum Gasteiger partial charge on any atom is 0.190 e. The van der Waals surface area contributed by atoms with Crippen LogP contribution in [-0.4, -0.2) is 38.1 Å². The average molecular weight is 313 g/mol. The van der Waals surface area contributed by atoms with Crippen LogP contribution in [0.3, 0.4) is 0 Å². The molecule has 0 radical (unpaired) electrons.